The first-order valence-electron chi connectivity index (χ1n) is 7.72. The largest absolute Gasteiger partial charge is 0.382 e. The van der Waals surface area contributed by atoms with E-state index in [9.17, 15) is 4.79 Å². The van der Waals surface area contributed by atoms with Crippen LogP contribution in [-0.2, 0) is 6.54 Å². The zero-order chi connectivity index (χ0) is 15.2. The summed E-state index contributed by atoms with van der Waals surface area (Å²) in [4.78, 5) is 12.0. The van der Waals surface area contributed by atoms with Gasteiger partial charge in [0.25, 0.3) is 5.56 Å². The van der Waals surface area contributed by atoms with Gasteiger partial charge in [-0.25, -0.2) is 4.68 Å². The van der Waals surface area contributed by atoms with Gasteiger partial charge in [-0.05, 0) is 24.7 Å². The van der Waals surface area contributed by atoms with Gasteiger partial charge in [0.2, 0.25) is 0 Å². The van der Waals surface area contributed by atoms with Crippen LogP contribution in [0, 0.1) is 11.8 Å². The number of rotatable bonds is 6. The number of aromatic nitrogens is 2. The van der Waals surface area contributed by atoms with Gasteiger partial charge in [0.1, 0.15) is 5.02 Å². The third-order valence-corrected chi connectivity index (χ3v) is 4.57. The number of hydrogen-bond acceptors (Lipinski definition) is 3. The number of halogens is 1. The standard InChI is InChI=1S/C16H24ClN3O/c1-3-9-20-16(21)15(17)14(11-19-20)18-8-7-13-6-4-5-12(2)10-13/h3,11-13,18H,1,4-10H2,2H3. The van der Waals surface area contributed by atoms with Crippen LogP contribution in [0.4, 0.5) is 5.69 Å². The minimum Gasteiger partial charge on any atom is -0.382 e. The quantitative estimate of drug-likeness (QED) is 0.815. The van der Waals surface area contributed by atoms with Crippen LogP contribution in [0.15, 0.2) is 23.6 Å². The molecule has 0 saturated heterocycles. The van der Waals surface area contributed by atoms with Crippen molar-refractivity contribution in [2.45, 2.75) is 45.6 Å². The van der Waals surface area contributed by atoms with Gasteiger partial charge in [0.05, 0.1) is 18.4 Å². The SMILES string of the molecule is C=CCn1ncc(NCCC2CCCC(C)C2)c(Cl)c1=O. The van der Waals surface area contributed by atoms with Crippen LogP contribution in [0.25, 0.3) is 0 Å². The molecule has 0 aromatic carbocycles. The minimum absolute atomic E-state index is 0.212. The second kappa shape index (κ2) is 7.64. The van der Waals surface area contributed by atoms with Crippen molar-refractivity contribution >= 4 is 17.3 Å². The Morgan fingerprint density at radius 1 is 1.57 bits per heavy atom. The molecule has 1 fully saturated rings. The van der Waals surface area contributed by atoms with Crippen molar-refractivity contribution in [1.82, 2.24) is 9.78 Å². The van der Waals surface area contributed by atoms with E-state index in [2.05, 4.69) is 23.9 Å². The molecule has 1 saturated carbocycles. The fourth-order valence-electron chi connectivity index (χ4n) is 3.07. The maximum absolute atomic E-state index is 12.0. The summed E-state index contributed by atoms with van der Waals surface area (Å²) in [5, 5.41) is 7.56. The average molecular weight is 310 g/mol. The summed E-state index contributed by atoms with van der Waals surface area (Å²) in [5.74, 6) is 1.63. The van der Waals surface area contributed by atoms with Gasteiger partial charge < -0.3 is 5.32 Å². The van der Waals surface area contributed by atoms with Gasteiger partial charge in [-0.3, -0.25) is 4.79 Å². The first-order chi connectivity index (χ1) is 10.1. The van der Waals surface area contributed by atoms with Crippen molar-refractivity contribution in [3.63, 3.8) is 0 Å². The molecule has 1 N–H and O–H groups in total. The third-order valence-electron chi connectivity index (χ3n) is 4.20. The molecule has 1 aromatic rings. The highest BCUT2D eigenvalue weighted by Gasteiger charge is 2.18. The van der Waals surface area contributed by atoms with E-state index in [-0.39, 0.29) is 10.6 Å². The third kappa shape index (κ3) is 4.34. The van der Waals surface area contributed by atoms with Crippen molar-refractivity contribution < 1.29 is 0 Å². The van der Waals surface area contributed by atoms with Crippen molar-refractivity contribution in [3.05, 3.63) is 34.2 Å². The van der Waals surface area contributed by atoms with E-state index in [0.29, 0.717) is 12.2 Å². The lowest BCUT2D eigenvalue weighted by atomic mass is 9.81. The van der Waals surface area contributed by atoms with Crippen molar-refractivity contribution in [1.29, 1.82) is 0 Å². The Balaban J connectivity index is 1.90. The summed E-state index contributed by atoms with van der Waals surface area (Å²) in [6.07, 6.45) is 9.70. The Kier molecular flexibility index (Phi) is 5.85. The molecule has 0 radical (unpaired) electrons. The van der Waals surface area contributed by atoms with Crippen LogP contribution in [0.1, 0.15) is 39.0 Å². The Labute approximate surface area is 131 Å². The van der Waals surface area contributed by atoms with Gasteiger partial charge in [0.15, 0.2) is 0 Å². The highest BCUT2D eigenvalue weighted by atomic mass is 35.5. The lowest BCUT2D eigenvalue weighted by Gasteiger charge is -2.26. The number of anilines is 1. The zero-order valence-electron chi connectivity index (χ0n) is 12.6. The molecular formula is C16H24ClN3O. The van der Waals surface area contributed by atoms with E-state index in [4.69, 9.17) is 11.6 Å². The molecule has 0 bridgehead atoms. The first-order valence-corrected chi connectivity index (χ1v) is 8.10. The van der Waals surface area contributed by atoms with E-state index in [1.54, 1.807) is 12.3 Å². The first kappa shape index (κ1) is 16.1. The second-order valence-electron chi connectivity index (χ2n) is 6.00. The highest BCUT2D eigenvalue weighted by molar-refractivity contribution is 6.32. The fourth-order valence-corrected chi connectivity index (χ4v) is 3.29. The van der Waals surface area contributed by atoms with Gasteiger partial charge in [-0.15, -0.1) is 6.58 Å². The topological polar surface area (TPSA) is 46.9 Å². The normalized spacial score (nSPS) is 22.0. The number of nitrogens with zero attached hydrogens (tertiary/aromatic N) is 2. The second-order valence-corrected chi connectivity index (χ2v) is 6.38. The lowest BCUT2D eigenvalue weighted by molar-refractivity contribution is 0.274. The Morgan fingerprint density at radius 2 is 2.38 bits per heavy atom. The van der Waals surface area contributed by atoms with Crippen LogP contribution in [0.3, 0.4) is 0 Å². The van der Waals surface area contributed by atoms with Crippen LogP contribution >= 0.6 is 11.6 Å². The molecule has 0 spiro atoms. The molecule has 0 amide bonds. The van der Waals surface area contributed by atoms with Crippen molar-refractivity contribution in [2.24, 2.45) is 11.8 Å². The Bertz CT molecular complexity index is 541. The van der Waals surface area contributed by atoms with E-state index >= 15 is 0 Å². The van der Waals surface area contributed by atoms with Crippen LogP contribution in [-0.4, -0.2) is 16.3 Å². The summed E-state index contributed by atoms with van der Waals surface area (Å²) in [7, 11) is 0. The molecule has 0 aliphatic heterocycles. The highest BCUT2D eigenvalue weighted by Crippen LogP contribution is 2.30. The molecule has 116 valence electrons. The monoisotopic (exact) mass is 309 g/mol. The van der Waals surface area contributed by atoms with Gasteiger partial charge in [-0.2, -0.15) is 5.10 Å². The molecule has 21 heavy (non-hydrogen) atoms. The van der Waals surface area contributed by atoms with E-state index < -0.39 is 0 Å². The maximum atomic E-state index is 12.0. The molecule has 1 heterocycles. The van der Waals surface area contributed by atoms with Crippen LogP contribution in [0.5, 0.6) is 0 Å². The van der Waals surface area contributed by atoms with Crippen LogP contribution in [0.2, 0.25) is 5.02 Å². The molecule has 1 aliphatic carbocycles. The van der Waals surface area contributed by atoms with Crippen molar-refractivity contribution in [2.75, 3.05) is 11.9 Å². The summed E-state index contributed by atoms with van der Waals surface area (Å²) in [6.45, 7) is 7.14. The lowest BCUT2D eigenvalue weighted by Crippen LogP contribution is -2.24. The predicted octanol–water partition coefficient (Wildman–Crippen LogP) is 3.71. The number of nitrogens with one attached hydrogen (secondary N) is 1. The Morgan fingerprint density at radius 3 is 3.10 bits per heavy atom. The number of hydrogen-bond donors (Lipinski definition) is 1. The smallest absolute Gasteiger partial charge is 0.287 e. The molecule has 1 aromatic heterocycles. The van der Waals surface area contributed by atoms with E-state index in [0.717, 1.165) is 24.8 Å². The molecule has 1 aliphatic rings. The number of allylic oxidation sites excluding steroid dienone is 1. The molecule has 2 rings (SSSR count). The molecule has 2 unspecified atom stereocenters. The van der Waals surface area contributed by atoms with Gasteiger partial charge in [-0.1, -0.05) is 43.9 Å². The van der Waals surface area contributed by atoms with E-state index in [1.807, 2.05) is 0 Å². The molecule has 4 nitrogen and oxygen atoms in total. The zero-order valence-corrected chi connectivity index (χ0v) is 13.4. The van der Waals surface area contributed by atoms with Crippen LogP contribution < -0.4 is 10.9 Å². The summed E-state index contributed by atoms with van der Waals surface area (Å²) in [6, 6.07) is 0. The maximum Gasteiger partial charge on any atom is 0.287 e. The minimum atomic E-state index is -0.271. The Hall–Kier alpha value is -1.29. The summed E-state index contributed by atoms with van der Waals surface area (Å²) < 4.78 is 1.31. The fraction of sp³-hybridized carbons (Fsp3) is 0.625. The molecular weight excluding hydrogens is 286 g/mol. The summed E-state index contributed by atoms with van der Waals surface area (Å²) in [5.41, 5.74) is 0.360. The van der Waals surface area contributed by atoms with Crippen molar-refractivity contribution in [3.8, 4) is 0 Å². The molecule has 2 atom stereocenters. The van der Waals surface area contributed by atoms with Gasteiger partial charge >= 0.3 is 0 Å². The summed E-state index contributed by atoms with van der Waals surface area (Å²) >= 11 is 6.11. The molecule has 5 heteroatoms. The van der Waals surface area contributed by atoms with Gasteiger partial charge in [0, 0.05) is 6.54 Å². The van der Waals surface area contributed by atoms with E-state index in [1.165, 1.54) is 30.4 Å². The average Bonchev–Trinajstić information content (AvgIpc) is 2.47. The predicted molar refractivity (Wildman–Crippen MR) is 87.9 cm³/mol.